The van der Waals surface area contributed by atoms with Crippen molar-refractivity contribution in [1.29, 1.82) is 0 Å². The summed E-state index contributed by atoms with van der Waals surface area (Å²) in [6.45, 7) is 3.00. The molecule has 2 N–H and O–H groups in total. The number of non-ortho nitro benzene ring substituents is 2. The number of nitrogens with zero attached hydrogens (tertiary/aromatic N) is 2. The molecule has 0 spiro atoms. The van der Waals surface area contributed by atoms with Crippen LogP contribution in [0.25, 0.3) is 0 Å². The van der Waals surface area contributed by atoms with Crippen molar-refractivity contribution < 1.29 is 26.7 Å². The summed E-state index contributed by atoms with van der Waals surface area (Å²) < 4.78 is 54.3. The maximum Gasteiger partial charge on any atom is 0.269 e. The van der Waals surface area contributed by atoms with Gasteiger partial charge in [-0.3, -0.25) is 20.2 Å². The molecule has 0 amide bonds. The van der Waals surface area contributed by atoms with Crippen LogP contribution in [0.2, 0.25) is 0 Å². The molecular formula is C17H20N4O8S2. The molecule has 0 radical (unpaired) electrons. The molecule has 2 rings (SSSR count). The van der Waals surface area contributed by atoms with Crippen LogP contribution in [-0.4, -0.2) is 39.8 Å². The Hall–Kier alpha value is -2.94. The number of rotatable bonds is 10. The average molecular weight is 473 g/mol. The second-order valence-corrected chi connectivity index (χ2v) is 10.8. The van der Waals surface area contributed by atoms with Gasteiger partial charge >= 0.3 is 0 Å². The predicted molar refractivity (Wildman–Crippen MR) is 110 cm³/mol. The van der Waals surface area contributed by atoms with Crippen LogP contribution >= 0.6 is 0 Å². The number of nitrogens with one attached hydrogen (secondary N) is 2. The van der Waals surface area contributed by atoms with Crippen LogP contribution in [0.1, 0.15) is 13.8 Å². The van der Waals surface area contributed by atoms with Gasteiger partial charge in [-0.1, -0.05) is 13.8 Å². The monoisotopic (exact) mass is 472 g/mol. The van der Waals surface area contributed by atoms with Gasteiger partial charge in [0, 0.05) is 37.4 Å². The highest BCUT2D eigenvalue weighted by atomic mass is 32.2. The van der Waals surface area contributed by atoms with Crippen molar-refractivity contribution in [2.75, 3.05) is 13.1 Å². The van der Waals surface area contributed by atoms with Gasteiger partial charge in [0.25, 0.3) is 11.4 Å². The molecule has 0 fully saturated rings. The molecule has 168 valence electrons. The lowest BCUT2D eigenvalue weighted by Crippen LogP contribution is -2.42. The van der Waals surface area contributed by atoms with E-state index in [0.717, 1.165) is 48.5 Å². The van der Waals surface area contributed by atoms with Gasteiger partial charge in [0.2, 0.25) is 20.0 Å². The Kier molecular flexibility index (Phi) is 7.10. The van der Waals surface area contributed by atoms with Crippen LogP contribution in [0.3, 0.4) is 0 Å². The molecule has 31 heavy (non-hydrogen) atoms. The quantitative estimate of drug-likeness (QED) is 0.388. The van der Waals surface area contributed by atoms with E-state index in [1.807, 2.05) is 0 Å². The van der Waals surface area contributed by atoms with E-state index in [2.05, 4.69) is 9.44 Å². The molecule has 0 unspecified atom stereocenters. The smallest absolute Gasteiger partial charge is 0.258 e. The van der Waals surface area contributed by atoms with Crippen LogP contribution in [0, 0.1) is 25.6 Å². The Bertz CT molecular complexity index is 1080. The maximum absolute atomic E-state index is 12.4. The summed E-state index contributed by atoms with van der Waals surface area (Å²) in [7, 11) is -7.94. The predicted octanol–water partition coefficient (Wildman–Crippen LogP) is 1.79. The van der Waals surface area contributed by atoms with Gasteiger partial charge in [0.05, 0.1) is 19.6 Å². The van der Waals surface area contributed by atoms with E-state index in [0.29, 0.717) is 0 Å². The van der Waals surface area contributed by atoms with Crippen molar-refractivity contribution in [1.82, 2.24) is 9.44 Å². The summed E-state index contributed by atoms with van der Waals surface area (Å²) in [5.41, 5.74) is -1.35. The fraction of sp³-hybridized carbons (Fsp3) is 0.294. The Morgan fingerprint density at radius 1 is 0.710 bits per heavy atom. The summed E-state index contributed by atoms with van der Waals surface area (Å²) in [4.78, 5) is 19.7. The Labute approximate surface area is 178 Å². The minimum absolute atomic E-state index is 0.130. The zero-order valence-corrected chi connectivity index (χ0v) is 18.1. The first-order chi connectivity index (χ1) is 14.2. The number of hydrogen-bond donors (Lipinski definition) is 2. The zero-order chi connectivity index (χ0) is 23.4. The molecular weight excluding hydrogens is 452 g/mol. The van der Waals surface area contributed by atoms with Gasteiger partial charge in [0.15, 0.2) is 0 Å². The molecule has 0 aromatic heterocycles. The Morgan fingerprint density at radius 2 is 1.00 bits per heavy atom. The number of nitro benzene ring substituents is 2. The largest absolute Gasteiger partial charge is 0.269 e. The van der Waals surface area contributed by atoms with Crippen LogP contribution in [0.4, 0.5) is 11.4 Å². The first kappa shape index (κ1) is 24.3. The molecule has 0 aliphatic rings. The van der Waals surface area contributed by atoms with Crippen molar-refractivity contribution in [3.63, 3.8) is 0 Å². The first-order valence-corrected chi connectivity index (χ1v) is 11.7. The lowest BCUT2D eigenvalue weighted by Gasteiger charge is -2.25. The van der Waals surface area contributed by atoms with Crippen LogP contribution in [0.5, 0.6) is 0 Å². The van der Waals surface area contributed by atoms with E-state index >= 15 is 0 Å². The van der Waals surface area contributed by atoms with Gasteiger partial charge in [-0.05, 0) is 29.7 Å². The van der Waals surface area contributed by atoms with Gasteiger partial charge in [-0.15, -0.1) is 0 Å². The Balaban J connectivity index is 2.02. The number of hydrogen-bond acceptors (Lipinski definition) is 8. The van der Waals surface area contributed by atoms with E-state index < -0.39 is 35.3 Å². The molecule has 0 aliphatic heterocycles. The molecule has 0 aliphatic carbocycles. The lowest BCUT2D eigenvalue weighted by molar-refractivity contribution is -0.385. The normalized spacial score (nSPS) is 12.5. The molecule has 0 atom stereocenters. The van der Waals surface area contributed by atoms with E-state index in [-0.39, 0.29) is 34.3 Å². The van der Waals surface area contributed by atoms with E-state index in [1.54, 1.807) is 13.8 Å². The third-order valence-electron chi connectivity index (χ3n) is 4.20. The fourth-order valence-corrected chi connectivity index (χ4v) is 4.79. The van der Waals surface area contributed by atoms with Crippen molar-refractivity contribution in [2.24, 2.45) is 5.41 Å². The second kappa shape index (κ2) is 9.05. The molecule has 12 nitrogen and oxygen atoms in total. The fourth-order valence-electron chi connectivity index (χ4n) is 2.30. The topological polar surface area (TPSA) is 179 Å². The molecule has 0 heterocycles. The summed E-state index contributed by atoms with van der Waals surface area (Å²) >= 11 is 0. The van der Waals surface area contributed by atoms with E-state index in [9.17, 15) is 37.1 Å². The minimum Gasteiger partial charge on any atom is -0.258 e. The van der Waals surface area contributed by atoms with Crippen molar-refractivity contribution >= 4 is 31.4 Å². The number of benzene rings is 2. The third-order valence-corrected chi connectivity index (χ3v) is 7.03. The molecule has 2 aromatic rings. The van der Waals surface area contributed by atoms with Crippen LogP contribution in [0.15, 0.2) is 58.3 Å². The molecule has 14 heteroatoms. The average Bonchev–Trinajstić information content (AvgIpc) is 2.71. The van der Waals surface area contributed by atoms with Crippen molar-refractivity contribution in [3.8, 4) is 0 Å². The van der Waals surface area contributed by atoms with Crippen LogP contribution < -0.4 is 9.44 Å². The highest BCUT2D eigenvalue weighted by Gasteiger charge is 2.26. The SMILES string of the molecule is CC(C)(CNS(=O)(=O)c1ccc([N+](=O)[O-])cc1)CNS(=O)(=O)c1ccc([N+](=O)[O-])cc1. The van der Waals surface area contributed by atoms with Gasteiger partial charge in [-0.25, -0.2) is 26.3 Å². The highest BCUT2D eigenvalue weighted by molar-refractivity contribution is 7.89. The van der Waals surface area contributed by atoms with E-state index in [1.165, 1.54) is 0 Å². The molecule has 0 saturated carbocycles. The Morgan fingerprint density at radius 3 is 1.26 bits per heavy atom. The standard InChI is InChI=1S/C17H20N4O8S2/c1-17(2,11-18-30(26,27)15-7-3-13(4-8-15)20(22)23)12-19-31(28,29)16-9-5-14(6-10-16)21(24)25/h3-10,18-19H,11-12H2,1-2H3. The lowest BCUT2D eigenvalue weighted by atomic mass is 9.95. The highest BCUT2D eigenvalue weighted by Crippen LogP contribution is 2.20. The summed E-state index contributed by atoms with van der Waals surface area (Å²) in [5, 5.41) is 21.4. The van der Waals surface area contributed by atoms with Gasteiger partial charge in [-0.2, -0.15) is 0 Å². The molecule has 0 bridgehead atoms. The van der Waals surface area contributed by atoms with Crippen molar-refractivity contribution in [2.45, 2.75) is 23.6 Å². The molecule has 2 aromatic carbocycles. The number of nitro groups is 2. The van der Waals surface area contributed by atoms with Gasteiger partial charge in [0.1, 0.15) is 0 Å². The van der Waals surface area contributed by atoms with Crippen LogP contribution in [-0.2, 0) is 20.0 Å². The second-order valence-electron chi connectivity index (χ2n) is 7.32. The summed E-state index contributed by atoms with van der Waals surface area (Å²) in [6, 6.07) is 8.68. The van der Waals surface area contributed by atoms with Gasteiger partial charge < -0.3 is 0 Å². The molecule has 0 saturated heterocycles. The third kappa shape index (κ3) is 6.52. The summed E-state index contributed by atoms with van der Waals surface area (Å²) in [6.07, 6.45) is 0. The summed E-state index contributed by atoms with van der Waals surface area (Å²) in [5.74, 6) is 0. The van der Waals surface area contributed by atoms with Crippen molar-refractivity contribution in [3.05, 3.63) is 68.8 Å². The number of sulfonamides is 2. The maximum atomic E-state index is 12.4. The van der Waals surface area contributed by atoms with E-state index in [4.69, 9.17) is 0 Å². The minimum atomic E-state index is -3.97. The first-order valence-electron chi connectivity index (χ1n) is 8.72. The zero-order valence-electron chi connectivity index (χ0n) is 16.5.